The van der Waals surface area contributed by atoms with E-state index in [1.165, 1.54) is 24.3 Å². The van der Waals surface area contributed by atoms with E-state index in [0.717, 1.165) is 11.0 Å². The van der Waals surface area contributed by atoms with Crippen molar-refractivity contribution in [2.45, 2.75) is 6.10 Å². The van der Waals surface area contributed by atoms with Crippen LogP contribution in [-0.4, -0.2) is 46.0 Å². The van der Waals surface area contributed by atoms with Crippen LogP contribution in [0.3, 0.4) is 0 Å². The SMILES string of the molecule is O=C1c2cccc([N+](=O)[O-])c2C(=O)N1C[C@H](O)COc1ccc(Cl)cc1Cl. The molecule has 1 N–H and O–H groups in total. The Morgan fingerprint density at radius 1 is 1.19 bits per heavy atom. The van der Waals surface area contributed by atoms with Gasteiger partial charge in [0.15, 0.2) is 0 Å². The highest BCUT2D eigenvalue weighted by Crippen LogP contribution is 2.31. The number of hydrogen-bond donors (Lipinski definition) is 1. The molecule has 10 heteroatoms. The standard InChI is InChI=1S/C17H12Cl2N2O6/c18-9-4-5-14(12(19)6-9)27-8-10(22)7-20-16(23)11-2-1-3-13(21(25)26)15(11)17(20)24/h1-6,10,22H,7-8H2/t10-/m0/s1. The summed E-state index contributed by atoms with van der Waals surface area (Å²) < 4.78 is 5.38. The van der Waals surface area contributed by atoms with Crippen molar-refractivity contribution in [1.29, 1.82) is 0 Å². The number of amides is 2. The second-order valence-electron chi connectivity index (χ2n) is 5.72. The van der Waals surface area contributed by atoms with Gasteiger partial charge in [0.25, 0.3) is 17.5 Å². The zero-order chi connectivity index (χ0) is 19.7. The zero-order valence-electron chi connectivity index (χ0n) is 13.6. The molecule has 0 aromatic heterocycles. The Morgan fingerprint density at radius 3 is 2.59 bits per heavy atom. The topological polar surface area (TPSA) is 110 Å². The first-order chi connectivity index (χ1) is 12.8. The predicted molar refractivity (Wildman–Crippen MR) is 96.4 cm³/mol. The minimum absolute atomic E-state index is 0.0666. The highest BCUT2D eigenvalue weighted by molar-refractivity contribution is 6.35. The smallest absolute Gasteiger partial charge is 0.282 e. The van der Waals surface area contributed by atoms with E-state index in [4.69, 9.17) is 27.9 Å². The zero-order valence-corrected chi connectivity index (χ0v) is 15.1. The van der Waals surface area contributed by atoms with Gasteiger partial charge in [-0.25, -0.2) is 0 Å². The molecule has 1 aliphatic rings. The molecule has 0 saturated heterocycles. The number of carbonyl (C=O) groups excluding carboxylic acids is 2. The molecular formula is C17H12Cl2N2O6. The molecule has 1 heterocycles. The lowest BCUT2D eigenvalue weighted by molar-refractivity contribution is -0.385. The van der Waals surface area contributed by atoms with Crippen LogP contribution in [0.4, 0.5) is 5.69 Å². The molecule has 2 aromatic carbocycles. The van der Waals surface area contributed by atoms with Crippen molar-refractivity contribution in [3.8, 4) is 5.75 Å². The molecule has 1 atom stereocenters. The summed E-state index contributed by atoms with van der Waals surface area (Å²) in [5.41, 5.74) is -0.795. The first-order valence-corrected chi connectivity index (χ1v) is 8.44. The summed E-state index contributed by atoms with van der Waals surface area (Å²) in [5.74, 6) is -1.26. The molecule has 2 amide bonds. The van der Waals surface area contributed by atoms with Gasteiger partial charge >= 0.3 is 0 Å². The van der Waals surface area contributed by atoms with E-state index >= 15 is 0 Å². The Hall–Kier alpha value is -2.68. The van der Waals surface area contributed by atoms with E-state index in [1.54, 1.807) is 6.07 Å². The third-order valence-electron chi connectivity index (χ3n) is 3.89. The number of rotatable bonds is 6. The van der Waals surface area contributed by atoms with Crippen molar-refractivity contribution < 1.29 is 24.4 Å². The van der Waals surface area contributed by atoms with E-state index < -0.39 is 28.5 Å². The fraction of sp³-hybridized carbons (Fsp3) is 0.176. The van der Waals surface area contributed by atoms with Crippen LogP contribution in [0, 0.1) is 10.1 Å². The number of nitro benzene ring substituents is 1. The van der Waals surface area contributed by atoms with Gasteiger partial charge in [0.1, 0.15) is 24.0 Å². The van der Waals surface area contributed by atoms with Crippen LogP contribution in [0.1, 0.15) is 20.7 Å². The Morgan fingerprint density at radius 2 is 1.93 bits per heavy atom. The largest absolute Gasteiger partial charge is 0.489 e. The molecule has 0 bridgehead atoms. The second kappa shape index (κ2) is 7.51. The van der Waals surface area contributed by atoms with Crippen LogP contribution in [0.2, 0.25) is 10.0 Å². The molecule has 2 aromatic rings. The molecule has 140 valence electrons. The predicted octanol–water partition coefficient (Wildman–Crippen LogP) is 2.94. The summed E-state index contributed by atoms with van der Waals surface area (Å²) in [6.45, 7) is -0.633. The summed E-state index contributed by atoms with van der Waals surface area (Å²) in [6.07, 6.45) is -1.22. The number of hydrogen-bond acceptors (Lipinski definition) is 6. The van der Waals surface area contributed by atoms with Crippen LogP contribution in [-0.2, 0) is 0 Å². The molecule has 0 fully saturated rings. The van der Waals surface area contributed by atoms with E-state index in [0.29, 0.717) is 5.02 Å². The van der Waals surface area contributed by atoms with Crippen LogP contribution in [0.15, 0.2) is 36.4 Å². The summed E-state index contributed by atoms with van der Waals surface area (Å²) >= 11 is 11.7. The Labute approximate surface area is 163 Å². The number of ether oxygens (including phenoxy) is 1. The number of carbonyl (C=O) groups is 2. The van der Waals surface area contributed by atoms with E-state index in [-0.39, 0.29) is 35.1 Å². The molecule has 0 spiro atoms. The average Bonchev–Trinajstić information content (AvgIpc) is 2.86. The number of aliphatic hydroxyl groups is 1. The van der Waals surface area contributed by atoms with Crippen LogP contribution in [0.25, 0.3) is 0 Å². The van der Waals surface area contributed by atoms with Crippen molar-refractivity contribution in [3.05, 3.63) is 67.7 Å². The first-order valence-electron chi connectivity index (χ1n) is 7.69. The van der Waals surface area contributed by atoms with Gasteiger partial charge in [-0.1, -0.05) is 29.3 Å². The number of β-amino-alcohol motifs (C(OH)–C–C–N with tert-alkyl or cyclic N) is 1. The van der Waals surface area contributed by atoms with Gasteiger partial charge in [0, 0.05) is 11.1 Å². The molecule has 0 unspecified atom stereocenters. The lowest BCUT2D eigenvalue weighted by Crippen LogP contribution is -2.39. The quantitative estimate of drug-likeness (QED) is 0.445. The van der Waals surface area contributed by atoms with Gasteiger partial charge in [0.05, 0.1) is 22.1 Å². The van der Waals surface area contributed by atoms with Crippen molar-refractivity contribution in [2.24, 2.45) is 0 Å². The Bertz CT molecular complexity index is 949. The van der Waals surface area contributed by atoms with Gasteiger partial charge in [0.2, 0.25) is 0 Å². The summed E-state index contributed by atoms with van der Waals surface area (Å²) in [5, 5.41) is 21.9. The average molecular weight is 411 g/mol. The minimum Gasteiger partial charge on any atom is -0.489 e. The number of nitrogens with zero attached hydrogens (tertiary/aromatic N) is 2. The van der Waals surface area contributed by atoms with Gasteiger partial charge < -0.3 is 9.84 Å². The number of nitro groups is 1. The van der Waals surface area contributed by atoms with Gasteiger partial charge in [-0.15, -0.1) is 0 Å². The van der Waals surface area contributed by atoms with E-state index in [1.807, 2.05) is 0 Å². The Kier molecular flexibility index (Phi) is 5.31. The van der Waals surface area contributed by atoms with Gasteiger partial charge in [-0.3, -0.25) is 24.6 Å². The minimum atomic E-state index is -1.22. The van der Waals surface area contributed by atoms with Crippen LogP contribution >= 0.6 is 23.2 Å². The second-order valence-corrected chi connectivity index (χ2v) is 6.56. The highest BCUT2D eigenvalue weighted by Gasteiger charge is 2.41. The molecule has 27 heavy (non-hydrogen) atoms. The maximum Gasteiger partial charge on any atom is 0.282 e. The lowest BCUT2D eigenvalue weighted by atomic mass is 10.1. The normalized spacial score (nSPS) is 14.3. The maximum atomic E-state index is 12.4. The molecule has 0 aliphatic carbocycles. The van der Waals surface area contributed by atoms with E-state index in [9.17, 15) is 24.8 Å². The Balaban J connectivity index is 1.71. The van der Waals surface area contributed by atoms with Gasteiger partial charge in [-0.05, 0) is 24.3 Å². The number of halogens is 2. The first kappa shape index (κ1) is 19.1. The monoisotopic (exact) mass is 410 g/mol. The number of imide groups is 1. The van der Waals surface area contributed by atoms with Crippen LogP contribution < -0.4 is 4.74 Å². The third kappa shape index (κ3) is 3.73. The molecule has 8 nitrogen and oxygen atoms in total. The molecular weight excluding hydrogens is 399 g/mol. The van der Waals surface area contributed by atoms with Crippen LogP contribution in [0.5, 0.6) is 5.75 Å². The fourth-order valence-corrected chi connectivity index (χ4v) is 3.14. The lowest BCUT2D eigenvalue weighted by Gasteiger charge is -2.19. The maximum absolute atomic E-state index is 12.4. The molecule has 0 radical (unpaired) electrons. The molecule has 1 aliphatic heterocycles. The molecule has 0 saturated carbocycles. The van der Waals surface area contributed by atoms with Gasteiger partial charge in [-0.2, -0.15) is 0 Å². The van der Waals surface area contributed by atoms with E-state index in [2.05, 4.69) is 0 Å². The number of aliphatic hydroxyl groups excluding tert-OH is 1. The number of benzene rings is 2. The number of fused-ring (bicyclic) bond motifs is 1. The van der Waals surface area contributed by atoms with Crippen molar-refractivity contribution >= 4 is 40.7 Å². The van der Waals surface area contributed by atoms with Crippen molar-refractivity contribution in [1.82, 2.24) is 4.90 Å². The third-order valence-corrected chi connectivity index (χ3v) is 4.42. The summed E-state index contributed by atoms with van der Waals surface area (Å²) in [6, 6.07) is 8.34. The fourth-order valence-electron chi connectivity index (χ4n) is 2.68. The summed E-state index contributed by atoms with van der Waals surface area (Å²) in [7, 11) is 0. The summed E-state index contributed by atoms with van der Waals surface area (Å²) in [4.78, 5) is 35.9. The molecule has 3 rings (SSSR count). The van der Waals surface area contributed by atoms with Crippen molar-refractivity contribution in [2.75, 3.05) is 13.2 Å². The van der Waals surface area contributed by atoms with Crippen molar-refractivity contribution in [3.63, 3.8) is 0 Å². The highest BCUT2D eigenvalue weighted by atomic mass is 35.5.